The lowest BCUT2D eigenvalue weighted by molar-refractivity contribution is 0.342. The Balaban J connectivity index is 0.00000259. The van der Waals surface area contributed by atoms with E-state index in [1.165, 1.54) is 108 Å². The van der Waals surface area contributed by atoms with Crippen molar-refractivity contribution in [3.8, 4) is 0 Å². The first kappa shape index (κ1) is 25.1. The topological polar surface area (TPSA) is 43.0 Å². The number of nitrogens with two attached hydrogens (primary N) is 1. The fourth-order valence-electron chi connectivity index (χ4n) is 6.80. The first-order valence-electron chi connectivity index (χ1n) is 13.9. The number of fused-ring (bicyclic) bond motifs is 1. The first-order chi connectivity index (χ1) is 15.8. The predicted octanol–water partition coefficient (Wildman–Crippen LogP) is 7.41. The zero-order valence-corrected chi connectivity index (χ0v) is 21.4. The fourth-order valence-corrected chi connectivity index (χ4v) is 6.80. The molecule has 0 atom stereocenters. The molecule has 0 radical (unpaired) electrons. The average molecular weight is 472 g/mol. The first-order valence-corrected chi connectivity index (χ1v) is 13.9. The second kappa shape index (κ2) is 12.1. The smallest absolute Gasteiger partial charge is 0.0485 e. The molecule has 3 saturated carbocycles. The molecule has 1 aromatic heterocycles. The lowest BCUT2D eigenvalue weighted by atomic mass is 9.83. The van der Waals surface area contributed by atoms with Crippen LogP contribution in [0, 0.1) is 0 Å². The van der Waals surface area contributed by atoms with E-state index in [1.807, 2.05) is 0 Å². The summed E-state index contributed by atoms with van der Waals surface area (Å²) in [4.78, 5) is 0. The Hall–Kier alpha value is -1.03. The molecule has 3 aliphatic carbocycles. The minimum absolute atomic E-state index is 0. The molecule has 3 N–H and O–H groups in total. The van der Waals surface area contributed by atoms with Gasteiger partial charge in [-0.25, -0.2) is 0 Å². The molecule has 3 nitrogen and oxygen atoms in total. The molecule has 0 unspecified atom stereocenters. The van der Waals surface area contributed by atoms with Crippen LogP contribution in [0.15, 0.2) is 24.4 Å². The van der Waals surface area contributed by atoms with Gasteiger partial charge in [-0.05, 0) is 99.9 Å². The van der Waals surface area contributed by atoms with Gasteiger partial charge >= 0.3 is 0 Å². The molecule has 4 heteroatoms. The van der Waals surface area contributed by atoms with Crippen molar-refractivity contribution in [3.63, 3.8) is 0 Å². The van der Waals surface area contributed by atoms with Gasteiger partial charge in [-0.2, -0.15) is 0 Å². The van der Waals surface area contributed by atoms with Crippen LogP contribution in [0.1, 0.15) is 119 Å². The number of halogens is 1. The van der Waals surface area contributed by atoms with Crippen molar-refractivity contribution < 1.29 is 0 Å². The number of benzene rings is 1. The Morgan fingerprint density at radius 3 is 2.27 bits per heavy atom. The van der Waals surface area contributed by atoms with E-state index in [-0.39, 0.29) is 12.4 Å². The Bertz CT molecular complexity index is 855. The molecule has 3 fully saturated rings. The van der Waals surface area contributed by atoms with E-state index in [0.717, 1.165) is 12.5 Å². The van der Waals surface area contributed by atoms with Gasteiger partial charge in [-0.3, -0.25) is 0 Å². The van der Waals surface area contributed by atoms with Gasteiger partial charge in [0.2, 0.25) is 0 Å². The summed E-state index contributed by atoms with van der Waals surface area (Å²) in [6.45, 7) is 1.14. The van der Waals surface area contributed by atoms with E-state index in [1.54, 1.807) is 16.5 Å². The lowest BCUT2D eigenvalue weighted by Gasteiger charge is -2.26. The normalized spacial score (nSPS) is 25.2. The summed E-state index contributed by atoms with van der Waals surface area (Å²) in [6, 6.07) is 9.38. The van der Waals surface area contributed by atoms with Crippen molar-refractivity contribution in [1.29, 1.82) is 0 Å². The molecule has 0 saturated heterocycles. The molecule has 1 heterocycles. The van der Waals surface area contributed by atoms with Crippen LogP contribution in [-0.4, -0.2) is 23.2 Å². The number of aryl methyl sites for hydroxylation is 1. The summed E-state index contributed by atoms with van der Waals surface area (Å²) in [5.74, 6) is 0.790. The van der Waals surface area contributed by atoms with Crippen LogP contribution in [0.25, 0.3) is 10.9 Å². The highest BCUT2D eigenvalue weighted by molar-refractivity contribution is 5.85. The van der Waals surface area contributed by atoms with Crippen LogP contribution in [0.2, 0.25) is 0 Å². The molecule has 33 heavy (non-hydrogen) atoms. The highest BCUT2D eigenvalue weighted by Gasteiger charge is 2.22. The minimum Gasteiger partial charge on any atom is -0.344 e. The third-order valence-corrected chi connectivity index (χ3v) is 8.81. The zero-order valence-electron chi connectivity index (χ0n) is 20.6. The van der Waals surface area contributed by atoms with Crippen LogP contribution in [0.4, 0.5) is 0 Å². The van der Waals surface area contributed by atoms with Gasteiger partial charge < -0.3 is 15.6 Å². The average Bonchev–Trinajstić information content (AvgIpc) is 3.22. The van der Waals surface area contributed by atoms with E-state index in [2.05, 4.69) is 34.3 Å². The van der Waals surface area contributed by atoms with Crippen LogP contribution in [0.5, 0.6) is 0 Å². The number of nitrogens with one attached hydrogen (secondary N) is 1. The molecule has 0 amide bonds. The maximum atomic E-state index is 6.08. The van der Waals surface area contributed by atoms with E-state index in [9.17, 15) is 0 Å². The highest BCUT2D eigenvalue weighted by atomic mass is 35.5. The van der Waals surface area contributed by atoms with Crippen molar-refractivity contribution in [2.75, 3.05) is 6.54 Å². The van der Waals surface area contributed by atoms with Crippen molar-refractivity contribution in [1.82, 2.24) is 9.88 Å². The van der Waals surface area contributed by atoms with Gasteiger partial charge in [0.15, 0.2) is 0 Å². The molecule has 1 aromatic carbocycles. The second-order valence-electron chi connectivity index (χ2n) is 11.1. The van der Waals surface area contributed by atoms with E-state index in [0.29, 0.717) is 18.1 Å². The summed E-state index contributed by atoms with van der Waals surface area (Å²) < 4.78 is 2.67. The van der Waals surface area contributed by atoms with Gasteiger partial charge in [0, 0.05) is 35.2 Å². The number of hydrogen-bond acceptors (Lipinski definition) is 2. The largest absolute Gasteiger partial charge is 0.344 e. The Morgan fingerprint density at radius 1 is 0.848 bits per heavy atom. The maximum Gasteiger partial charge on any atom is 0.0485 e. The molecular formula is C29H46ClN3. The van der Waals surface area contributed by atoms with Gasteiger partial charge in [-0.1, -0.05) is 44.6 Å². The molecule has 3 aliphatic rings. The molecule has 0 bridgehead atoms. The summed E-state index contributed by atoms with van der Waals surface area (Å²) in [5, 5.41) is 5.39. The van der Waals surface area contributed by atoms with Crippen LogP contribution >= 0.6 is 12.4 Å². The van der Waals surface area contributed by atoms with E-state index in [4.69, 9.17) is 5.73 Å². The number of aromatic nitrogens is 1. The molecule has 5 rings (SSSR count). The Morgan fingerprint density at radius 2 is 1.55 bits per heavy atom. The van der Waals surface area contributed by atoms with Crippen molar-refractivity contribution in [2.24, 2.45) is 5.73 Å². The Kier molecular flexibility index (Phi) is 9.19. The highest BCUT2D eigenvalue weighted by Crippen LogP contribution is 2.38. The van der Waals surface area contributed by atoms with Crippen LogP contribution in [-0.2, 0) is 6.42 Å². The standard InChI is InChI=1S/C29H45N3.ClH/c30-25-14-16-26(17-15-25)31-19-7-10-24-21-32(27-11-5-2-6-12-27)29-18-13-23(20-28(24)29)22-8-3-1-4-9-22;/h13,18,20-22,25-27,31H,1-12,14-17,19,30H2;1H. The van der Waals surface area contributed by atoms with Crippen LogP contribution in [0.3, 0.4) is 0 Å². The van der Waals surface area contributed by atoms with Gasteiger partial charge in [0.25, 0.3) is 0 Å². The van der Waals surface area contributed by atoms with Crippen molar-refractivity contribution >= 4 is 23.3 Å². The minimum atomic E-state index is 0. The molecule has 0 aliphatic heterocycles. The summed E-state index contributed by atoms with van der Waals surface area (Å²) in [5.41, 5.74) is 10.8. The number of nitrogens with zero attached hydrogens (tertiary/aromatic N) is 1. The molecule has 0 spiro atoms. The third-order valence-electron chi connectivity index (χ3n) is 8.81. The van der Waals surface area contributed by atoms with Crippen LogP contribution < -0.4 is 11.1 Å². The summed E-state index contributed by atoms with van der Waals surface area (Å²) in [6.07, 6.45) is 23.8. The molecule has 2 aromatic rings. The maximum absolute atomic E-state index is 6.08. The van der Waals surface area contributed by atoms with Gasteiger partial charge in [0.05, 0.1) is 0 Å². The predicted molar refractivity (Wildman–Crippen MR) is 144 cm³/mol. The number of rotatable bonds is 7. The zero-order chi connectivity index (χ0) is 21.8. The molecular weight excluding hydrogens is 426 g/mol. The summed E-state index contributed by atoms with van der Waals surface area (Å²) in [7, 11) is 0. The van der Waals surface area contributed by atoms with E-state index < -0.39 is 0 Å². The third kappa shape index (κ3) is 6.16. The quantitative estimate of drug-likeness (QED) is 0.413. The van der Waals surface area contributed by atoms with Gasteiger partial charge in [0.1, 0.15) is 0 Å². The number of hydrogen-bond donors (Lipinski definition) is 2. The lowest BCUT2D eigenvalue weighted by Crippen LogP contribution is -2.37. The second-order valence-corrected chi connectivity index (χ2v) is 11.1. The SMILES string of the molecule is Cl.NC1CCC(NCCCc2cn(C3CCCCC3)c3ccc(C4CCCCC4)cc23)CC1. The monoisotopic (exact) mass is 471 g/mol. The van der Waals surface area contributed by atoms with Crippen molar-refractivity contribution in [3.05, 3.63) is 35.5 Å². The van der Waals surface area contributed by atoms with E-state index >= 15 is 0 Å². The fraction of sp³-hybridized carbons (Fsp3) is 0.724. The summed E-state index contributed by atoms with van der Waals surface area (Å²) >= 11 is 0. The molecule has 184 valence electrons. The Labute approximate surface area is 207 Å². The van der Waals surface area contributed by atoms with Crippen molar-refractivity contribution in [2.45, 2.75) is 127 Å². The van der Waals surface area contributed by atoms with Gasteiger partial charge in [-0.15, -0.1) is 12.4 Å².